The number of aryl methyl sites for hydroxylation is 3. The first-order valence-electron chi connectivity index (χ1n) is 5.63. The largest absolute Gasteiger partial charge is 0.491 e. The second kappa shape index (κ2) is 6.05. The molecule has 2 N–H and O–H groups in total. The van der Waals surface area contributed by atoms with Crippen LogP contribution in [0.25, 0.3) is 0 Å². The van der Waals surface area contributed by atoms with E-state index >= 15 is 0 Å². The van der Waals surface area contributed by atoms with Crippen molar-refractivity contribution in [3.8, 4) is 5.75 Å². The molecule has 0 spiro atoms. The van der Waals surface area contributed by atoms with E-state index in [0.29, 0.717) is 0 Å². The highest BCUT2D eigenvalue weighted by atomic mass is 16.5. The minimum absolute atomic E-state index is 0.164. The second-order valence-electron chi connectivity index (χ2n) is 4.11. The topological polar surface area (TPSA) is 75.6 Å². The van der Waals surface area contributed by atoms with Crippen LogP contribution < -0.4 is 10.1 Å². The average Bonchev–Trinajstić information content (AvgIpc) is 2.30. The van der Waals surface area contributed by atoms with E-state index in [0.717, 1.165) is 16.9 Å². The summed E-state index contributed by atoms with van der Waals surface area (Å²) in [5.41, 5.74) is 3.34. The van der Waals surface area contributed by atoms with Crippen LogP contribution in [0.15, 0.2) is 12.1 Å². The third kappa shape index (κ3) is 3.76. The molecule has 0 heterocycles. The van der Waals surface area contributed by atoms with Gasteiger partial charge in [-0.15, -0.1) is 0 Å². The standard InChI is InChI=1S/C13H17NO4/c1-8-6-10(3)11(7-9(8)2)18-5-4-14-12(15)13(16)17/h6-7H,4-5H2,1-3H3,(H,14,15)(H,16,17). The van der Waals surface area contributed by atoms with E-state index in [1.807, 2.05) is 32.9 Å². The number of nitrogens with one attached hydrogen (secondary N) is 1. The summed E-state index contributed by atoms with van der Waals surface area (Å²) in [6, 6.07) is 3.96. The lowest BCUT2D eigenvalue weighted by atomic mass is 10.1. The molecule has 0 aliphatic carbocycles. The third-order valence-electron chi connectivity index (χ3n) is 2.63. The molecule has 0 fully saturated rings. The first-order chi connectivity index (χ1) is 8.41. The van der Waals surface area contributed by atoms with Gasteiger partial charge in [0.25, 0.3) is 0 Å². The van der Waals surface area contributed by atoms with Gasteiger partial charge >= 0.3 is 11.9 Å². The van der Waals surface area contributed by atoms with Gasteiger partial charge in [0.15, 0.2) is 0 Å². The van der Waals surface area contributed by atoms with Crippen molar-refractivity contribution in [1.82, 2.24) is 5.32 Å². The molecule has 1 aromatic carbocycles. The maximum Gasteiger partial charge on any atom is 0.394 e. The summed E-state index contributed by atoms with van der Waals surface area (Å²) in [4.78, 5) is 21.0. The second-order valence-corrected chi connectivity index (χ2v) is 4.11. The summed E-state index contributed by atoms with van der Waals surface area (Å²) in [5.74, 6) is -1.75. The Balaban J connectivity index is 2.47. The first-order valence-corrected chi connectivity index (χ1v) is 5.63. The van der Waals surface area contributed by atoms with Crippen molar-refractivity contribution in [3.05, 3.63) is 28.8 Å². The lowest BCUT2D eigenvalue weighted by Gasteiger charge is -2.11. The number of carboxylic acids is 1. The van der Waals surface area contributed by atoms with Gasteiger partial charge in [-0.3, -0.25) is 4.79 Å². The van der Waals surface area contributed by atoms with Crippen molar-refractivity contribution in [2.75, 3.05) is 13.2 Å². The predicted octanol–water partition coefficient (Wildman–Crippen LogP) is 1.19. The summed E-state index contributed by atoms with van der Waals surface area (Å²) in [6.45, 7) is 6.37. The maximum absolute atomic E-state index is 10.8. The molecule has 0 aliphatic heterocycles. The normalized spacial score (nSPS) is 9.94. The minimum atomic E-state index is -1.49. The Hall–Kier alpha value is -2.04. The van der Waals surface area contributed by atoms with E-state index in [9.17, 15) is 9.59 Å². The van der Waals surface area contributed by atoms with Crippen molar-refractivity contribution in [1.29, 1.82) is 0 Å². The Morgan fingerprint density at radius 1 is 1.17 bits per heavy atom. The van der Waals surface area contributed by atoms with E-state index in [1.165, 1.54) is 5.56 Å². The Labute approximate surface area is 106 Å². The van der Waals surface area contributed by atoms with Gasteiger partial charge < -0.3 is 15.2 Å². The zero-order valence-electron chi connectivity index (χ0n) is 10.7. The van der Waals surface area contributed by atoms with Gasteiger partial charge in [0, 0.05) is 0 Å². The number of rotatable bonds is 4. The molecule has 0 bridgehead atoms. The zero-order chi connectivity index (χ0) is 13.7. The molecule has 0 radical (unpaired) electrons. The monoisotopic (exact) mass is 251 g/mol. The van der Waals surface area contributed by atoms with Crippen LogP contribution >= 0.6 is 0 Å². The molecule has 1 rings (SSSR count). The third-order valence-corrected chi connectivity index (χ3v) is 2.63. The predicted molar refractivity (Wildman–Crippen MR) is 66.8 cm³/mol. The Morgan fingerprint density at radius 2 is 1.78 bits per heavy atom. The highest BCUT2D eigenvalue weighted by Crippen LogP contribution is 2.22. The van der Waals surface area contributed by atoms with Crippen LogP contribution in [0.5, 0.6) is 5.75 Å². The van der Waals surface area contributed by atoms with Crippen LogP contribution in [-0.2, 0) is 9.59 Å². The molecule has 1 aromatic rings. The van der Waals surface area contributed by atoms with Crippen molar-refractivity contribution < 1.29 is 19.4 Å². The van der Waals surface area contributed by atoms with Crippen molar-refractivity contribution in [3.63, 3.8) is 0 Å². The highest BCUT2D eigenvalue weighted by molar-refractivity contribution is 6.31. The number of aliphatic carboxylic acids is 1. The zero-order valence-corrected chi connectivity index (χ0v) is 10.7. The van der Waals surface area contributed by atoms with E-state index in [4.69, 9.17) is 9.84 Å². The molecule has 1 amide bonds. The SMILES string of the molecule is Cc1cc(C)c(OCCNC(=O)C(=O)O)cc1C. The molecule has 0 saturated heterocycles. The van der Waals surface area contributed by atoms with Crippen LogP contribution in [0, 0.1) is 20.8 Å². The van der Waals surface area contributed by atoms with Gasteiger partial charge in [-0.25, -0.2) is 4.79 Å². The molecular formula is C13H17NO4. The van der Waals surface area contributed by atoms with Gasteiger partial charge in [0.05, 0.1) is 6.54 Å². The van der Waals surface area contributed by atoms with Crippen LogP contribution in [0.1, 0.15) is 16.7 Å². The van der Waals surface area contributed by atoms with E-state index in [-0.39, 0.29) is 13.2 Å². The Morgan fingerprint density at radius 3 is 2.39 bits per heavy atom. The molecule has 0 saturated carbocycles. The molecule has 0 unspecified atom stereocenters. The molecule has 18 heavy (non-hydrogen) atoms. The van der Waals surface area contributed by atoms with Crippen LogP contribution in [-0.4, -0.2) is 30.1 Å². The van der Waals surface area contributed by atoms with Crippen molar-refractivity contribution in [2.24, 2.45) is 0 Å². The van der Waals surface area contributed by atoms with Crippen LogP contribution in [0.3, 0.4) is 0 Å². The Kier molecular flexibility index (Phi) is 4.71. The fraction of sp³-hybridized carbons (Fsp3) is 0.385. The lowest BCUT2D eigenvalue weighted by molar-refractivity contribution is -0.150. The average molecular weight is 251 g/mol. The van der Waals surface area contributed by atoms with Gasteiger partial charge in [0.2, 0.25) is 0 Å². The number of carboxylic acid groups (broad SMARTS) is 1. The molecule has 0 aromatic heterocycles. The lowest BCUT2D eigenvalue weighted by Crippen LogP contribution is -2.33. The molecule has 0 aliphatic rings. The van der Waals surface area contributed by atoms with E-state index in [2.05, 4.69) is 5.32 Å². The summed E-state index contributed by atoms with van der Waals surface area (Å²) >= 11 is 0. The van der Waals surface area contributed by atoms with E-state index in [1.54, 1.807) is 0 Å². The molecule has 98 valence electrons. The number of benzene rings is 1. The fourth-order valence-corrected chi connectivity index (χ4v) is 1.49. The van der Waals surface area contributed by atoms with Crippen molar-refractivity contribution >= 4 is 11.9 Å². The first kappa shape index (κ1) is 14.0. The Bertz CT molecular complexity index is 468. The fourth-order valence-electron chi connectivity index (χ4n) is 1.49. The van der Waals surface area contributed by atoms with Gasteiger partial charge in [-0.1, -0.05) is 6.07 Å². The molecule has 5 nitrogen and oxygen atoms in total. The highest BCUT2D eigenvalue weighted by Gasteiger charge is 2.09. The number of carbonyl (C=O) groups is 2. The quantitative estimate of drug-likeness (QED) is 0.622. The number of hydrogen-bond donors (Lipinski definition) is 2. The molecule has 5 heteroatoms. The van der Waals surface area contributed by atoms with E-state index < -0.39 is 11.9 Å². The summed E-state index contributed by atoms with van der Waals surface area (Å²) in [6.07, 6.45) is 0. The summed E-state index contributed by atoms with van der Waals surface area (Å²) < 4.78 is 5.50. The summed E-state index contributed by atoms with van der Waals surface area (Å²) in [7, 11) is 0. The van der Waals surface area contributed by atoms with Gasteiger partial charge in [-0.2, -0.15) is 0 Å². The maximum atomic E-state index is 10.8. The number of carbonyl (C=O) groups excluding carboxylic acids is 1. The van der Waals surface area contributed by atoms with Crippen molar-refractivity contribution in [2.45, 2.75) is 20.8 Å². The number of hydrogen-bond acceptors (Lipinski definition) is 3. The number of ether oxygens (including phenoxy) is 1. The van der Waals surface area contributed by atoms with Gasteiger partial charge in [-0.05, 0) is 43.5 Å². The van der Waals surface area contributed by atoms with Crippen LogP contribution in [0.4, 0.5) is 0 Å². The number of amides is 1. The van der Waals surface area contributed by atoms with Crippen LogP contribution in [0.2, 0.25) is 0 Å². The molecule has 0 atom stereocenters. The van der Waals surface area contributed by atoms with Gasteiger partial charge in [0.1, 0.15) is 12.4 Å². The summed E-state index contributed by atoms with van der Waals surface area (Å²) in [5, 5.41) is 10.6. The smallest absolute Gasteiger partial charge is 0.394 e. The molecular weight excluding hydrogens is 234 g/mol. The minimum Gasteiger partial charge on any atom is -0.491 e.